The number of fused-ring (bicyclic) bond motifs is 2. The van der Waals surface area contributed by atoms with E-state index in [-0.39, 0.29) is 17.8 Å². The fraction of sp³-hybridized carbons (Fsp3) is 0.500. The highest BCUT2D eigenvalue weighted by atomic mass is 35.5. The van der Waals surface area contributed by atoms with Gasteiger partial charge in [0.15, 0.2) is 0 Å². The van der Waals surface area contributed by atoms with Crippen molar-refractivity contribution in [2.75, 3.05) is 5.88 Å². The Balaban J connectivity index is 1.58. The van der Waals surface area contributed by atoms with Gasteiger partial charge >= 0.3 is 0 Å². The van der Waals surface area contributed by atoms with Crippen molar-refractivity contribution >= 4 is 17.5 Å². The summed E-state index contributed by atoms with van der Waals surface area (Å²) in [4.78, 5) is 19.0. The molecule has 0 bridgehead atoms. The Labute approximate surface area is 153 Å². The zero-order chi connectivity index (χ0) is 17.4. The third-order valence-corrected chi connectivity index (χ3v) is 5.88. The van der Waals surface area contributed by atoms with Crippen LogP contribution in [-0.4, -0.2) is 32.3 Å². The summed E-state index contributed by atoms with van der Waals surface area (Å²) in [6, 6.07) is 4.73. The van der Waals surface area contributed by atoms with E-state index in [4.69, 9.17) is 11.6 Å². The number of benzene rings is 1. The molecule has 4 nitrogen and oxygen atoms in total. The minimum Gasteiger partial charge on any atom is -0.335 e. The van der Waals surface area contributed by atoms with E-state index in [1.54, 1.807) is 0 Å². The van der Waals surface area contributed by atoms with Gasteiger partial charge in [0.05, 0.1) is 0 Å². The summed E-state index contributed by atoms with van der Waals surface area (Å²) in [6.45, 7) is 3.75. The summed E-state index contributed by atoms with van der Waals surface area (Å²) < 4.78 is 2.18. The summed E-state index contributed by atoms with van der Waals surface area (Å²) in [5, 5.41) is 0. The smallest absolute Gasteiger partial charge is 0.238 e. The average molecular weight is 358 g/mol. The molecule has 4 rings (SSSR count). The molecule has 2 heterocycles. The molecule has 2 aliphatic rings. The van der Waals surface area contributed by atoms with Crippen molar-refractivity contribution in [2.45, 2.75) is 58.2 Å². The lowest BCUT2D eigenvalue weighted by molar-refractivity contribution is -0.132. The number of hydrogen-bond donors (Lipinski definition) is 0. The highest BCUT2D eigenvalue weighted by Crippen LogP contribution is 2.28. The van der Waals surface area contributed by atoms with Crippen molar-refractivity contribution in [1.29, 1.82) is 0 Å². The summed E-state index contributed by atoms with van der Waals surface area (Å²) >= 11 is 5.92. The number of nitrogens with zero attached hydrogens (tertiary/aromatic N) is 3. The minimum atomic E-state index is 0.0184. The number of amides is 1. The highest BCUT2D eigenvalue weighted by molar-refractivity contribution is 6.27. The van der Waals surface area contributed by atoms with Crippen LogP contribution in [0.4, 0.5) is 0 Å². The third-order valence-electron chi connectivity index (χ3n) is 5.65. The second kappa shape index (κ2) is 6.83. The molecular weight excluding hydrogens is 334 g/mol. The van der Waals surface area contributed by atoms with Crippen LogP contribution in [0, 0.1) is 6.92 Å². The van der Waals surface area contributed by atoms with Crippen molar-refractivity contribution in [3.05, 3.63) is 52.6 Å². The van der Waals surface area contributed by atoms with E-state index in [2.05, 4.69) is 28.6 Å². The molecule has 132 valence electrons. The maximum atomic E-state index is 12.6. The van der Waals surface area contributed by atoms with Crippen LogP contribution in [0.1, 0.15) is 40.9 Å². The van der Waals surface area contributed by atoms with Crippen molar-refractivity contribution in [3.8, 4) is 0 Å². The van der Waals surface area contributed by atoms with E-state index in [9.17, 15) is 4.79 Å². The molecule has 0 saturated carbocycles. The van der Waals surface area contributed by atoms with Gasteiger partial charge in [-0.1, -0.05) is 12.1 Å². The van der Waals surface area contributed by atoms with Crippen molar-refractivity contribution < 1.29 is 4.79 Å². The summed E-state index contributed by atoms with van der Waals surface area (Å²) in [6.07, 6.45) is 9.22. The Morgan fingerprint density at radius 2 is 2.28 bits per heavy atom. The summed E-state index contributed by atoms with van der Waals surface area (Å²) in [5.74, 6) is 1.12. The van der Waals surface area contributed by atoms with Crippen LogP contribution in [0.2, 0.25) is 0 Å². The van der Waals surface area contributed by atoms with Gasteiger partial charge in [-0.15, -0.1) is 11.6 Å². The molecule has 0 fully saturated rings. The topological polar surface area (TPSA) is 38.1 Å². The monoisotopic (exact) mass is 357 g/mol. The fourth-order valence-corrected chi connectivity index (χ4v) is 4.55. The van der Waals surface area contributed by atoms with Gasteiger partial charge in [-0.3, -0.25) is 4.79 Å². The van der Waals surface area contributed by atoms with Crippen LogP contribution in [0.5, 0.6) is 0 Å². The molecular formula is C20H24ClN3O. The first kappa shape index (κ1) is 16.6. The molecule has 1 atom stereocenters. The van der Waals surface area contributed by atoms with Gasteiger partial charge in [0.1, 0.15) is 11.7 Å². The van der Waals surface area contributed by atoms with Crippen molar-refractivity contribution in [2.24, 2.45) is 0 Å². The minimum absolute atomic E-state index is 0.0184. The van der Waals surface area contributed by atoms with Crippen LogP contribution in [0.3, 0.4) is 0 Å². The Kier molecular flexibility index (Phi) is 4.55. The SMILES string of the molecule is Cc1cc(CN(C(=O)CCl)C2CCn3ccnc3C2)cc2c1CCC2. The Hall–Kier alpha value is -1.81. The number of carbonyl (C=O) groups excluding carboxylic acids is 1. The molecule has 1 aliphatic carbocycles. The van der Waals surface area contributed by atoms with Crippen molar-refractivity contribution in [1.82, 2.24) is 14.5 Å². The maximum Gasteiger partial charge on any atom is 0.238 e. The van der Waals surface area contributed by atoms with Crippen LogP contribution in [0.25, 0.3) is 0 Å². The van der Waals surface area contributed by atoms with Gasteiger partial charge in [-0.2, -0.15) is 0 Å². The van der Waals surface area contributed by atoms with Gasteiger partial charge in [-0.25, -0.2) is 4.98 Å². The molecule has 1 amide bonds. The maximum absolute atomic E-state index is 12.6. The molecule has 1 aromatic carbocycles. The first-order valence-electron chi connectivity index (χ1n) is 9.12. The Morgan fingerprint density at radius 3 is 3.12 bits per heavy atom. The number of carbonyl (C=O) groups is 1. The average Bonchev–Trinajstić information content (AvgIpc) is 3.27. The van der Waals surface area contributed by atoms with E-state index in [0.717, 1.165) is 31.6 Å². The Bertz CT molecular complexity index is 798. The molecule has 25 heavy (non-hydrogen) atoms. The summed E-state index contributed by atoms with van der Waals surface area (Å²) in [7, 11) is 0. The lowest BCUT2D eigenvalue weighted by atomic mass is 9.98. The van der Waals surface area contributed by atoms with E-state index >= 15 is 0 Å². The molecule has 2 aromatic rings. The van der Waals surface area contributed by atoms with E-state index in [1.807, 2.05) is 17.3 Å². The molecule has 5 heteroatoms. The van der Waals surface area contributed by atoms with Gasteiger partial charge < -0.3 is 9.47 Å². The van der Waals surface area contributed by atoms with Crippen LogP contribution in [-0.2, 0) is 37.1 Å². The lowest BCUT2D eigenvalue weighted by Crippen LogP contribution is -2.44. The largest absolute Gasteiger partial charge is 0.335 e. The highest BCUT2D eigenvalue weighted by Gasteiger charge is 2.28. The number of hydrogen-bond acceptors (Lipinski definition) is 2. The molecule has 0 saturated heterocycles. The molecule has 1 aromatic heterocycles. The Morgan fingerprint density at radius 1 is 1.40 bits per heavy atom. The van der Waals surface area contributed by atoms with Gasteiger partial charge in [0.2, 0.25) is 5.91 Å². The molecule has 1 aliphatic heterocycles. The molecule has 1 unspecified atom stereocenters. The predicted octanol–water partition coefficient (Wildman–Crippen LogP) is 3.26. The first-order valence-corrected chi connectivity index (χ1v) is 9.66. The van der Waals surface area contributed by atoms with Crippen LogP contribution in [0.15, 0.2) is 24.5 Å². The number of rotatable bonds is 4. The third kappa shape index (κ3) is 3.20. The predicted molar refractivity (Wildman–Crippen MR) is 98.8 cm³/mol. The number of alkyl halides is 1. The van der Waals surface area contributed by atoms with Crippen LogP contribution < -0.4 is 0 Å². The van der Waals surface area contributed by atoms with E-state index in [1.165, 1.54) is 35.1 Å². The molecule has 0 N–H and O–H groups in total. The lowest BCUT2D eigenvalue weighted by Gasteiger charge is -2.34. The zero-order valence-corrected chi connectivity index (χ0v) is 15.4. The van der Waals surface area contributed by atoms with E-state index < -0.39 is 0 Å². The standard InChI is InChI=1S/C20H24ClN3O/c1-14-9-15(10-16-3-2-4-18(14)16)13-24(20(25)12-21)17-5-7-23-8-6-22-19(23)11-17/h6,8-10,17H,2-5,7,11-13H2,1H3. The van der Waals surface area contributed by atoms with Crippen LogP contribution >= 0.6 is 11.6 Å². The normalized spacial score (nSPS) is 18.7. The van der Waals surface area contributed by atoms with E-state index in [0.29, 0.717) is 6.54 Å². The second-order valence-electron chi connectivity index (χ2n) is 7.24. The van der Waals surface area contributed by atoms with Crippen molar-refractivity contribution in [3.63, 3.8) is 0 Å². The quantitative estimate of drug-likeness (QED) is 0.788. The second-order valence-corrected chi connectivity index (χ2v) is 7.51. The van der Waals surface area contributed by atoms with Gasteiger partial charge in [0, 0.05) is 37.9 Å². The van der Waals surface area contributed by atoms with Gasteiger partial charge in [0.25, 0.3) is 0 Å². The number of halogens is 1. The first-order chi connectivity index (χ1) is 12.2. The zero-order valence-electron chi connectivity index (χ0n) is 14.7. The number of aromatic nitrogens is 2. The van der Waals surface area contributed by atoms with Gasteiger partial charge in [-0.05, 0) is 54.9 Å². The fourth-order valence-electron chi connectivity index (χ4n) is 4.39. The molecule has 0 spiro atoms. The molecule has 0 radical (unpaired) electrons. The summed E-state index contributed by atoms with van der Waals surface area (Å²) in [5.41, 5.74) is 5.57. The number of aryl methyl sites for hydroxylation is 3. The number of imidazole rings is 1.